The summed E-state index contributed by atoms with van der Waals surface area (Å²) in [7, 11) is 1.88. The zero-order valence-electron chi connectivity index (χ0n) is 11.5. The summed E-state index contributed by atoms with van der Waals surface area (Å²) >= 11 is 6.18. The van der Waals surface area contributed by atoms with Crippen LogP contribution in [-0.2, 0) is 11.8 Å². The highest BCUT2D eigenvalue weighted by atomic mass is 35.5. The maximum Gasteiger partial charge on any atom is 0.161 e. The van der Waals surface area contributed by atoms with E-state index >= 15 is 0 Å². The van der Waals surface area contributed by atoms with Gasteiger partial charge in [0.2, 0.25) is 0 Å². The fourth-order valence-corrected chi connectivity index (χ4v) is 2.58. The van der Waals surface area contributed by atoms with Crippen molar-refractivity contribution in [3.63, 3.8) is 0 Å². The molecular weight excluding hydrogens is 278 g/mol. The fourth-order valence-electron chi connectivity index (χ4n) is 2.39. The summed E-state index contributed by atoms with van der Waals surface area (Å²) in [6.07, 6.45) is 1.74. The Morgan fingerprint density at radius 3 is 2.95 bits per heavy atom. The lowest BCUT2D eigenvalue weighted by atomic mass is 10.2. The Morgan fingerprint density at radius 1 is 1.40 bits per heavy atom. The molecule has 0 bridgehead atoms. The van der Waals surface area contributed by atoms with E-state index in [1.165, 1.54) is 0 Å². The second-order valence-corrected chi connectivity index (χ2v) is 5.22. The number of hydrogen-bond donors (Lipinski definition) is 0. The van der Waals surface area contributed by atoms with Crippen molar-refractivity contribution in [2.45, 2.75) is 13.0 Å². The third-order valence-electron chi connectivity index (χ3n) is 3.49. The minimum Gasteiger partial charge on any atom is -0.377 e. The predicted octanol–water partition coefficient (Wildman–Crippen LogP) is 1.76. The van der Waals surface area contributed by atoms with Crippen molar-refractivity contribution in [2.75, 3.05) is 24.7 Å². The molecule has 0 saturated carbocycles. The van der Waals surface area contributed by atoms with Crippen LogP contribution in [0.15, 0.2) is 18.3 Å². The number of halogens is 1. The molecule has 0 spiro atoms. The average molecular weight is 294 g/mol. The van der Waals surface area contributed by atoms with Crippen LogP contribution >= 0.6 is 11.6 Å². The third-order valence-corrected chi connectivity index (χ3v) is 3.77. The molecule has 0 aromatic carbocycles. The summed E-state index contributed by atoms with van der Waals surface area (Å²) in [5, 5.41) is 12.8. The highest BCUT2D eigenvalue weighted by Crippen LogP contribution is 2.29. The smallest absolute Gasteiger partial charge is 0.161 e. The van der Waals surface area contributed by atoms with Crippen molar-refractivity contribution in [1.82, 2.24) is 20.0 Å². The van der Waals surface area contributed by atoms with Crippen LogP contribution in [0.2, 0.25) is 5.15 Å². The largest absolute Gasteiger partial charge is 0.377 e. The van der Waals surface area contributed by atoms with Crippen molar-refractivity contribution in [2.24, 2.45) is 7.05 Å². The van der Waals surface area contributed by atoms with E-state index in [0.717, 1.165) is 23.6 Å². The van der Waals surface area contributed by atoms with Crippen molar-refractivity contribution < 1.29 is 4.74 Å². The molecule has 1 aliphatic heterocycles. The molecule has 20 heavy (non-hydrogen) atoms. The van der Waals surface area contributed by atoms with Crippen LogP contribution in [0.25, 0.3) is 11.3 Å². The van der Waals surface area contributed by atoms with Gasteiger partial charge in [-0.25, -0.2) is 0 Å². The fraction of sp³-hybridized carbons (Fsp3) is 0.462. The molecule has 1 fully saturated rings. The molecule has 1 saturated heterocycles. The Kier molecular flexibility index (Phi) is 3.58. The highest BCUT2D eigenvalue weighted by molar-refractivity contribution is 6.32. The number of rotatable bonds is 2. The SMILES string of the molecule is C[C@@H]1COCCN1c1cc(-c2ccnn2C)c(Cl)nn1. The molecule has 1 atom stereocenters. The molecule has 106 valence electrons. The first-order valence-corrected chi connectivity index (χ1v) is 6.90. The minimum atomic E-state index is 0.276. The first-order valence-electron chi connectivity index (χ1n) is 6.53. The summed E-state index contributed by atoms with van der Waals surface area (Å²) < 4.78 is 7.22. The summed E-state index contributed by atoms with van der Waals surface area (Å²) in [5.74, 6) is 0.821. The molecule has 2 aromatic rings. The second-order valence-electron chi connectivity index (χ2n) is 4.86. The lowest BCUT2D eigenvalue weighted by Crippen LogP contribution is -2.44. The van der Waals surface area contributed by atoms with Gasteiger partial charge in [-0.3, -0.25) is 4.68 Å². The van der Waals surface area contributed by atoms with Crippen molar-refractivity contribution in [1.29, 1.82) is 0 Å². The number of hydrogen-bond acceptors (Lipinski definition) is 5. The highest BCUT2D eigenvalue weighted by Gasteiger charge is 2.22. The molecule has 0 unspecified atom stereocenters. The van der Waals surface area contributed by atoms with E-state index in [4.69, 9.17) is 16.3 Å². The van der Waals surface area contributed by atoms with Crippen molar-refractivity contribution in [3.05, 3.63) is 23.5 Å². The van der Waals surface area contributed by atoms with Crippen LogP contribution in [-0.4, -0.2) is 45.8 Å². The van der Waals surface area contributed by atoms with Gasteiger partial charge in [0, 0.05) is 25.4 Å². The molecule has 7 heteroatoms. The van der Waals surface area contributed by atoms with E-state index in [1.807, 2.05) is 19.2 Å². The van der Waals surface area contributed by atoms with Crippen LogP contribution in [0, 0.1) is 0 Å². The van der Waals surface area contributed by atoms with Gasteiger partial charge in [0.15, 0.2) is 11.0 Å². The molecule has 3 rings (SSSR count). The van der Waals surface area contributed by atoms with Crippen LogP contribution in [0.5, 0.6) is 0 Å². The lowest BCUT2D eigenvalue weighted by molar-refractivity contribution is 0.0984. The zero-order chi connectivity index (χ0) is 14.1. The van der Waals surface area contributed by atoms with Crippen LogP contribution in [0.1, 0.15) is 6.92 Å². The van der Waals surface area contributed by atoms with Gasteiger partial charge in [-0.1, -0.05) is 11.6 Å². The summed E-state index contributed by atoms with van der Waals surface area (Å²) in [6, 6.07) is 4.16. The first-order chi connectivity index (χ1) is 9.66. The molecule has 0 radical (unpaired) electrons. The maximum absolute atomic E-state index is 6.18. The van der Waals surface area contributed by atoms with Gasteiger partial charge in [-0.05, 0) is 19.1 Å². The van der Waals surface area contributed by atoms with Gasteiger partial charge in [0.05, 0.1) is 24.9 Å². The van der Waals surface area contributed by atoms with Gasteiger partial charge in [0.25, 0.3) is 0 Å². The second kappa shape index (κ2) is 5.38. The summed E-state index contributed by atoms with van der Waals surface area (Å²) in [6.45, 7) is 4.32. The van der Waals surface area contributed by atoms with E-state index in [2.05, 4.69) is 27.1 Å². The van der Waals surface area contributed by atoms with E-state index in [1.54, 1.807) is 10.9 Å². The number of morpholine rings is 1. The van der Waals surface area contributed by atoms with Gasteiger partial charge in [0.1, 0.15) is 0 Å². The van der Waals surface area contributed by atoms with E-state index in [9.17, 15) is 0 Å². The summed E-state index contributed by atoms with van der Waals surface area (Å²) in [4.78, 5) is 2.19. The van der Waals surface area contributed by atoms with Gasteiger partial charge >= 0.3 is 0 Å². The van der Waals surface area contributed by atoms with Crippen LogP contribution in [0.3, 0.4) is 0 Å². The Labute approximate surface area is 122 Å². The third kappa shape index (κ3) is 2.36. The molecular formula is C13H16ClN5O. The first kappa shape index (κ1) is 13.3. The average Bonchev–Trinajstić information content (AvgIpc) is 2.86. The lowest BCUT2D eigenvalue weighted by Gasteiger charge is -2.34. The van der Waals surface area contributed by atoms with Crippen LogP contribution in [0.4, 0.5) is 5.82 Å². The normalized spacial score (nSPS) is 19.4. The number of ether oxygens (including phenoxy) is 1. The molecule has 6 nitrogen and oxygen atoms in total. The molecule has 1 aliphatic rings. The molecule has 2 aromatic heterocycles. The van der Waals surface area contributed by atoms with Crippen molar-refractivity contribution >= 4 is 17.4 Å². The molecule has 0 N–H and O–H groups in total. The Bertz CT molecular complexity index is 615. The quantitative estimate of drug-likeness (QED) is 0.844. The monoisotopic (exact) mass is 293 g/mol. The van der Waals surface area contributed by atoms with Crippen LogP contribution < -0.4 is 4.90 Å². The molecule has 3 heterocycles. The summed E-state index contributed by atoms with van der Waals surface area (Å²) in [5.41, 5.74) is 1.77. The van der Waals surface area contributed by atoms with E-state index < -0.39 is 0 Å². The predicted molar refractivity (Wildman–Crippen MR) is 76.9 cm³/mol. The number of aryl methyl sites for hydroxylation is 1. The van der Waals surface area contributed by atoms with Gasteiger partial charge in [-0.2, -0.15) is 5.10 Å². The maximum atomic E-state index is 6.18. The topological polar surface area (TPSA) is 56.1 Å². The Balaban J connectivity index is 2.00. The molecule has 0 amide bonds. The van der Waals surface area contributed by atoms with Gasteiger partial charge in [-0.15, -0.1) is 10.2 Å². The van der Waals surface area contributed by atoms with Crippen molar-refractivity contribution in [3.8, 4) is 11.3 Å². The minimum absolute atomic E-state index is 0.276. The Hall–Kier alpha value is -1.66. The number of anilines is 1. The number of nitrogens with zero attached hydrogens (tertiary/aromatic N) is 5. The number of aromatic nitrogens is 4. The van der Waals surface area contributed by atoms with E-state index in [-0.39, 0.29) is 6.04 Å². The Morgan fingerprint density at radius 2 is 2.25 bits per heavy atom. The van der Waals surface area contributed by atoms with E-state index in [0.29, 0.717) is 18.4 Å². The standard InChI is InChI=1S/C13H16ClN5O/c1-9-8-20-6-5-19(9)12-7-10(13(14)17-16-12)11-3-4-15-18(11)2/h3-4,7,9H,5-6,8H2,1-2H3/t9-/m1/s1. The van der Waals surface area contributed by atoms with Gasteiger partial charge < -0.3 is 9.64 Å². The zero-order valence-corrected chi connectivity index (χ0v) is 12.2. The molecule has 0 aliphatic carbocycles.